The standard InChI is InChI=1S/C27H36BN5O6S/c29-26(30)33-23(13-8-16-28(36)39-40(37,38)22-11-2-1-3-12-22)32-25(35)27(14-6-7-15-27)24(34)31-21-17-19-9-4-5-10-20(19)18-21/h1-5,9-12,21,23,36H,6-8,13-18H2,(H,31,34)(H,32,35)(H4,29,30,33). The van der Waals surface area contributed by atoms with Crippen molar-refractivity contribution < 1.29 is 27.1 Å². The minimum absolute atomic E-state index is 0.0497. The summed E-state index contributed by atoms with van der Waals surface area (Å²) >= 11 is 0. The van der Waals surface area contributed by atoms with E-state index in [-0.39, 0.29) is 42.0 Å². The minimum Gasteiger partial charge on any atom is -0.426 e. The summed E-state index contributed by atoms with van der Waals surface area (Å²) in [7, 11) is -5.73. The van der Waals surface area contributed by atoms with Crippen molar-refractivity contribution in [2.45, 2.75) is 74.8 Å². The third-order valence-corrected chi connectivity index (χ3v) is 8.89. The Morgan fingerprint density at radius 1 is 1.02 bits per heavy atom. The smallest absolute Gasteiger partial charge is 0.426 e. The van der Waals surface area contributed by atoms with E-state index in [1.807, 2.05) is 12.1 Å². The van der Waals surface area contributed by atoms with Crippen LogP contribution in [-0.2, 0) is 36.6 Å². The largest absolute Gasteiger partial charge is 0.471 e. The molecule has 0 spiro atoms. The van der Waals surface area contributed by atoms with Gasteiger partial charge in [-0.1, -0.05) is 61.7 Å². The summed E-state index contributed by atoms with van der Waals surface area (Å²) in [4.78, 5) is 27.0. The van der Waals surface area contributed by atoms with Gasteiger partial charge in [0, 0.05) is 6.04 Å². The molecular weight excluding hydrogens is 533 g/mol. The van der Waals surface area contributed by atoms with E-state index < -0.39 is 34.7 Å². The van der Waals surface area contributed by atoms with Crippen molar-refractivity contribution in [3.8, 4) is 0 Å². The van der Waals surface area contributed by atoms with E-state index in [4.69, 9.17) is 15.2 Å². The molecule has 2 aromatic carbocycles. The van der Waals surface area contributed by atoms with Crippen molar-refractivity contribution in [2.75, 3.05) is 0 Å². The van der Waals surface area contributed by atoms with Gasteiger partial charge in [0.25, 0.3) is 10.1 Å². The number of carbonyl (C=O) groups excluding carboxylic acids is 2. The Labute approximate surface area is 235 Å². The van der Waals surface area contributed by atoms with Crippen LogP contribution in [0.1, 0.15) is 49.7 Å². The molecular formula is C27H36BN5O6S. The number of hydrogen-bond acceptors (Lipinski definition) is 7. The average Bonchev–Trinajstić information content (AvgIpc) is 3.56. The number of nitrogens with one attached hydrogen (secondary N) is 4. The second-order valence-corrected chi connectivity index (χ2v) is 12.0. The average molecular weight is 569 g/mol. The number of fused-ring (bicyclic) bond motifs is 1. The number of guanidine groups is 1. The van der Waals surface area contributed by atoms with Crippen molar-refractivity contribution in [1.82, 2.24) is 16.0 Å². The Balaban J connectivity index is 1.33. The molecule has 1 unspecified atom stereocenters. The number of carbonyl (C=O) groups is 2. The van der Waals surface area contributed by atoms with Crippen molar-refractivity contribution in [2.24, 2.45) is 11.1 Å². The predicted octanol–water partition coefficient (Wildman–Crippen LogP) is 1.42. The van der Waals surface area contributed by atoms with Crippen LogP contribution in [0.25, 0.3) is 0 Å². The highest BCUT2D eigenvalue weighted by atomic mass is 32.2. The van der Waals surface area contributed by atoms with E-state index in [0.29, 0.717) is 12.8 Å². The summed E-state index contributed by atoms with van der Waals surface area (Å²) in [6.45, 7) is 0. The number of rotatable bonds is 12. The summed E-state index contributed by atoms with van der Waals surface area (Å²) < 4.78 is 29.5. The Kier molecular flexibility index (Phi) is 9.49. The summed E-state index contributed by atoms with van der Waals surface area (Å²) in [5.41, 5.74) is 6.71. The first kappa shape index (κ1) is 29.6. The van der Waals surface area contributed by atoms with Crippen LogP contribution in [0, 0.1) is 10.8 Å². The summed E-state index contributed by atoms with van der Waals surface area (Å²) in [6, 6.07) is 15.5. The van der Waals surface area contributed by atoms with E-state index in [9.17, 15) is 23.0 Å². The van der Waals surface area contributed by atoms with Gasteiger partial charge in [0.2, 0.25) is 11.8 Å². The fourth-order valence-corrected chi connectivity index (χ4v) is 6.51. The summed E-state index contributed by atoms with van der Waals surface area (Å²) in [5.74, 6) is -1.11. The van der Waals surface area contributed by atoms with Crippen LogP contribution in [0.2, 0.25) is 6.32 Å². The SMILES string of the molecule is N=C(N)NC(CCCB(O)OS(=O)(=O)c1ccccc1)NC(=O)C1(C(=O)NC2Cc3ccccc3C2)CCCC1. The molecule has 1 atom stereocenters. The van der Waals surface area contributed by atoms with E-state index in [2.05, 4.69) is 28.1 Å². The minimum atomic E-state index is -4.14. The molecule has 2 amide bonds. The lowest BCUT2D eigenvalue weighted by atomic mass is 9.82. The quantitative estimate of drug-likeness (QED) is 0.0729. The highest BCUT2D eigenvalue weighted by molar-refractivity contribution is 7.87. The number of amides is 2. The van der Waals surface area contributed by atoms with Gasteiger partial charge in [0.05, 0.1) is 4.90 Å². The monoisotopic (exact) mass is 569 g/mol. The molecule has 0 aromatic heterocycles. The normalized spacial score (nSPS) is 17.0. The van der Waals surface area contributed by atoms with Gasteiger partial charge in [-0.25, -0.2) is 0 Å². The molecule has 13 heteroatoms. The fraction of sp³-hybridized carbons (Fsp3) is 0.444. The molecule has 2 aliphatic rings. The molecule has 2 aliphatic carbocycles. The van der Waals surface area contributed by atoms with Gasteiger partial charge < -0.3 is 26.7 Å². The first-order chi connectivity index (χ1) is 19.1. The van der Waals surface area contributed by atoms with E-state index in [1.165, 1.54) is 23.3 Å². The summed E-state index contributed by atoms with van der Waals surface area (Å²) in [5, 5.41) is 26.4. The molecule has 0 saturated heterocycles. The van der Waals surface area contributed by atoms with Crippen LogP contribution in [0.4, 0.5) is 0 Å². The Bertz CT molecular complexity index is 1290. The van der Waals surface area contributed by atoms with Crippen LogP contribution < -0.4 is 21.7 Å². The van der Waals surface area contributed by atoms with E-state index in [1.54, 1.807) is 18.2 Å². The maximum atomic E-state index is 13.6. The molecule has 7 N–H and O–H groups in total. The maximum absolute atomic E-state index is 13.6. The zero-order valence-electron chi connectivity index (χ0n) is 22.3. The first-order valence-electron chi connectivity index (χ1n) is 13.5. The zero-order valence-corrected chi connectivity index (χ0v) is 23.1. The highest BCUT2D eigenvalue weighted by Gasteiger charge is 2.49. The van der Waals surface area contributed by atoms with Gasteiger partial charge in [0.15, 0.2) is 5.96 Å². The third-order valence-electron chi connectivity index (χ3n) is 7.56. The Morgan fingerprint density at radius 3 is 2.23 bits per heavy atom. The molecule has 0 heterocycles. The molecule has 214 valence electrons. The number of benzene rings is 2. The van der Waals surface area contributed by atoms with Gasteiger partial charge in [-0.05, 0) is 61.7 Å². The van der Waals surface area contributed by atoms with Crippen molar-refractivity contribution in [3.63, 3.8) is 0 Å². The molecule has 0 radical (unpaired) electrons. The molecule has 1 saturated carbocycles. The Morgan fingerprint density at radius 2 is 1.62 bits per heavy atom. The van der Waals surface area contributed by atoms with Crippen LogP contribution in [0.15, 0.2) is 59.5 Å². The third kappa shape index (κ3) is 7.20. The second kappa shape index (κ2) is 12.8. The number of nitrogens with two attached hydrogens (primary N) is 1. The van der Waals surface area contributed by atoms with E-state index >= 15 is 0 Å². The lowest BCUT2D eigenvalue weighted by molar-refractivity contribution is -0.144. The second-order valence-electron chi connectivity index (χ2n) is 10.5. The highest BCUT2D eigenvalue weighted by Crippen LogP contribution is 2.39. The van der Waals surface area contributed by atoms with Gasteiger partial charge in [0.1, 0.15) is 11.6 Å². The maximum Gasteiger partial charge on any atom is 0.471 e. The van der Waals surface area contributed by atoms with Crippen LogP contribution in [-0.4, -0.2) is 50.5 Å². The topological polar surface area (TPSA) is 184 Å². The van der Waals surface area contributed by atoms with Crippen molar-refractivity contribution in [1.29, 1.82) is 5.41 Å². The lowest BCUT2D eigenvalue weighted by Crippen LogP contribution is -2.58. The van der Waals surface area contributed by atoms with Crippen molar-refractivity contribution in [3.05, 3.63) is 65.7 Å². The zero-order chi connectivity index (χ0) is 28.8. The van der Waals surface area contributed by atoms with E-state index in [0.717, 1.165) is 25.7 Å². The van der Waals surface area contributed by atoms with Crippen LogP contribution in [0.5, 0.6) is 0 Å². The van der Waals surface area contributed by atoms with Gasteiger partial charge in [-0.2, -0.15) is 8.42 Å². The van der Waals surface area contributed by atoms with Gasteiger partial charge in [-0.15, -0.1) is 0 Å². The summed E-state index contributed by atoms with van der Waals surface area (Å²) in [6.07, 6.45) is 3.35. The fourth-order valence-electron chi connectivity index (χ4n) is 5.52. The molecule has 1 fully saturated rings. The Hall–Kier alpha value is -3.42. The number of hydrogen-bond donors (Lipinski definition) is 6. The molecule has 11 nitrogen and oxygen atoms in total. The lowest BCUT2D eigenvalue weighted by Gasteiger charge is -2.31. The molecule has 0 bridgehead atoms. The van der Waals surface area contributed by atoms with Crippen LogP contribution >= 0.6 is 0 Å². The molecule has 0 aliphatic heterocycles. The van der Waals surface area contributed by atoms with Crippen LogP contribution in [0.3, 0.4) is 0 Å². The van der Waals surface area contributed by atoms with Crippen molar-refractivity contribution >= 4 is 35.0 Å². The molecule has 2 aromatic rings. The molecule has 4 rings (SSSR count). The first-order valence-corrected chi connectivity index (χ1v) is 15.0. The van der Waals surface area contributed by atoms with Gasteiger partial charge in [-0.3, -0.25) is 19.1 Å². The molecule has 40 heavy (non-hydrogen) atoms. The predicted molar refractivity (Wildman–Crippen MR) is 150 cm³/mol. The van der Waals surface area contributed by atoms with Gasteiger partial charge >= 0.3 is 7.12 Å².